The fourth-order valence-electron chi connectivity index (χ4n) is 1.63. The maximum Gasteiger partial charge on any atom is 0.263 e. The number of hydrogen-bond acceptors (Lipinski definition) is 3. The number of aromatic nitrogens is 2. The van der Waals surface area contributed by atoms with E-state index in [-0.39, 0.29) is 17.1 Å². The summed E-state index contributed by atoms with van der Waals surface area (Å²) in [7, 11) is 3.13. The summed E-state index contributed by atoms with van der Waals surface area (Å²) in [5.74, 6) is -0.607. The second-order valence-corrected chi connectivity index (χ2v) is 3.88. The number of nitrogens with two attached hydrogens (primary N) is 1. The highest BCUT2D eigenvalue weighted by Gasteiger charge is 2.20. The minimum Gasteiger partial charge on any atom is -0.383 e. The van der Waals surface area contributed by atoms with Crippen molar-refractivity contribution >= 4 is 17.4 Å². The van der Waals surface area contributed by atoms with Gasteiger partial charge in [-0.05, 0) is 12.1 Å². The van der Waals surface area contributed by atoms with Gasteiger partial charge in [-0.3, -0.25) is 9.48 Å². The molecule has 0 aliphatic carbocycles. The number of halogens is 1. The predicted molar refractivity (Wildman–Crippen MR) is 66.8 cm³/mol. The molecule has 18 heavy (non-hydrogen) atoms. The molecule has 0 fully saturated rings. The van der Waals surface area contributed by atoms with E-state index in [9.17, 15) is 9.18 Å². The van der Waals surface area contributed by atoms with Gasteiger partial charge in [0.05, 0.1) is 11.9 Å². The molecule has 1 heterocycles. The van der Waals surface area contributed by atoms with Crippen LogP contribution in [0.2, 0.25) is 0 Å². The maximum atomic E-state index is 13.6. The van der Waals surface area contributed by atoms with Gasteiger partial charge < -0.3 is 10.6 Å². The van der Waals surface area contributed by atoms with Crippen LogP contribution in [0.25, 0.3) is 0 Å². The van der Waals surface area contributed by atoms with E-state index < -0.39 is 11.7 Å². The zero-order chi connectivity index (χ0) is 13.3. The Morgan fingerprint density at radius 2 is 2.11 bits per heavy atom. The van der Waals surface area contributed by atoms with Crippen molar-refractivity contribution in [1.82, 2.24) is 9.78 Å². The zero-order valence-electron chi connectivity index (χ0n) is 10.1. The molecular weight excluding hydrogens is 235 g/mol. The zero-order valence-corrected chi connectivity index (χ0v) is 10.1. The second-order valence-electron chi connectivity index (χ2n) is 3.88. The van der Waals surface area contributed by atoms with Gasteiger partial charge in [-0.1, -0.05) is 12.1 Å². The van der Waals surface area contributed by atoms with E-state index in [1.54, 1.807) is 19.2 Å². The van der Waals surface area contributed by atoms with E-state index in [0.717, 1.165) is 0 Å². The molecule has 0 atom stereocenters. The molecule has 2 rings (SSSR count). The molecule has 2 N–H and O–H groups in total. The van der Waals surface area contributed by atoms with Crippen LogP contribution in [0.5, 0.6) is 0 Å². The van der Waals surface area contributed by atoms with Crippen LogP contribution in [0.15, 0.2) is 30.5 Å². The van der Waals surface area contributed by atoms with Gasteiger partial charge in [0, 0.05) is 14.1 Å². The number of nitrogen functional groups attached to an aromatic ring is 1. The lowest BCUT2D eigenvalue weighted by Crippen LogP contribution is -2.27. The molecule has 0 unspecified atom stereocenters. The summed E-state index contributed by atoms with van der Waals surface area (Å²) in [6, 6.07) is 6.05. The number of rotatable bonds is 2. The fourth-order valence-corrected chi connectivity index (χ4v) is 1.63. The molecule has 94 valence electrons. The number of carbonyl (C=O) groups excluding carboxylic acids is 1. The van der Waals surface area contributed by atoms with Crippen LogP contribution < -0.4 is 10.6 Å². The molecule has 0 saturated heterocycles. The molecule has 0 radical (unpaired) electrons. The number of amides is 1. The number of benzene rings is 1. The van der Waals surface area contributed by atoms with E-state index in [4.69, 9.17) is 5.73 Å². The van der Waals surface area contributed by atoms with Crippen molar-refractivity contribution in [3.63, 3.8) is 0 Å². The van der Waals surface area contributed by atoms with E-state index in [2.05, 4.69) is 5.10 Å². The van der Waals surface area contributed by atoms with Crippen LogP contribution >= 0.6 is 0 Å². The summed E-state index contributed by atoms with van der Waals surface area (Å²) in [6.45, 7) is 0. The van der Waals surface area contributed by atoms with Crippen LogP contribution in [-0.2, 0) is 7.05 Å². The lowest BCUT2D eigenvalue weighted by atomic mass is 10.2. The lowest BCUT2D eigenvalue weighted by molar-refractivity contribution is 0.0993. The molecule has 0 bridgehead atoms. The van der Waals surface area contributed by atoms with Crippen LogP contribution in [0.3, 0.4) is 0 Å². The Balaban J connectivity index is 2.35. The summed E-state index contributed by atoms with van der Waals surface area (Å²) in [5, 5.41) is 3.89. The van der Waals surface area contributed by atoms with E-state index in [0.29, 0.717) is 0 Å². The number of aryl methyl sites for hydroxylation is 1. The van der Waals surface area contributed by atoms with E-state index >= 15 is 0 Å². The molecular formula is C12H13FN4O. The third-order valence-electron chi connectivity index (χ3n) is 2.73. The molecule has 6 heteroatoms. The Kier molecular flexibility index (Phi) is 3.01. The molecule has 1 aromatic carbocycles. The fraction of sp³-hybridized carbons (Fsp3) is 0.167. The Morgan fingerprint density at radius 1 is 1.44 bits per heavy atom. The first kappa shape index (κ1) is 12.1. The topological polar surface area (TPSA) is 64.2 Å². The standard InChI is InChI=1S/C12H13FN4O/c1-16(10-6-4-3-5-9(10)13)12(18)8-7-15-17(2)11(8)14/h3-7H,14H2,1-2H3. The number of para-hydroxylation sites is 1. The summed E-state index contributed by atoms with van der Waals surface area (Å²) in [6.07, 6.45) is 1.37. The summed E-state index contributed by atoms with van der Waals surface area (Å²) in [4.78, 5) is 13.4. The van der Waals surface area contributed by atoms with Gasteiger partial charge in [0.15, 0.2) is 0 Å². The largest absolute Gasteiger partial charge is 0.383 e. The summed E-state index contributed by atoms with van der Waals surface area (Å²) >= 11 is 0. The van der Waals surface area contributed by atoms with E-state index in [1.807, 2.05) is 0 Å². The van der Waals surface area contributed by atoms with Crippen molar-refractivity contribution in [2.24, 2.45) is 7.05 Å². The lowest BCUT2D eigenvalue weighted by Gasteiger charge is -2.17. The molecule has 0 aliphatic heterocycles. The molecule has 0 aliphatic rings. The van der Waals surface area contributed by atoms with Crippen molar-refractivity contribution in [3.8, 4) is 0 Å². The first-order chi connectivity index (χ1) is 8.52. The Hall–Kier alpha value is -2.37. The first-order valence-electron chi connectivity index (χ1n) is 5.32. The van der Waals surface area contributed by atoms with Crippen molar-refractivity contribution in [3.05, 3.63) is 41.8 Å². The van der Waals surface area contributed by atoms with Gasteiger partial charge in [-0.2, -0.15) is 5.10 Å². The number of hydrogen-bond donors (Lipinski definition) is 1. The molecule has 0 spiro atoms. The summed E-state index contributed by atoms with van der Waals surface area (Å²) in [5.41, 5.74) is 6.17. The van der Waals surface area contributed by atoms with E-state index in [1.165, 1.54) is 35.0 Å². The molecule has 1 aromatic heterocycles. The van der Waals surface area contributed by atoms with Crippen molar-refractivity contribution in [2.45, 2.75) is 0 Å². The van der Waals surface area contributed by atoms with Crippen LogP contribution in [-0.4, -0.2) is 22.7 Å². The number of nitrogens with zero attached hydrogens (tertiary/aromatic N) is 3. The van der Waals surface area contributed by atoms with Crippen molar-refractivity contribution in [1.29, 1.82) is 0 Å². The normalized spacial score (nSPS) is 10.4. The summed E-state index contributed by atoms with van der Waals surface area (Å²) < 4.78 is 15.0. The third-order valence-corrected chi connectivity index (χ3v) is 2.73. The highest BCUT2D eigenvalue weighted by atomic mass is 19.1. The minimum absolute atomic E-state index is 0.200. The number of carbonyl (C=O) groups is 1. The quantitative estimate of drug-likeness (QED) is 0.874. The average Bonchev–Trinajstić information content (AvgIpc) is 2.69. The van der Waals surface area contributed by atoms with Gasteiger partial charge in [0.2, 0.25) is 0 Å². The predicted octanol–water partition coefficient (Wildman–Crippen LogP) is 1.42. The molecule has 1 amide bonds. The van der Waals surface area contributed by atoms with Gasteiger partial charge in [-0.25, -0.2) is 4.39 Å². The maximum absolute atomic E-state index is 13.6. The third kappa shape index (κ3) is 1.92. The van der Waals surface area contributed by atoms with Gasteiger partial charge in [0.25, 0.3) is 5.91 Å². The van der Waals surface area contributed by atoms with Crippen LogP contribution in [0.1, 0.15) is 10.4 Å². The van der Waals surface area contributed by atoms with Gasteiger partial charge >= 0.3 is 0 Å². The smallest absolute Gasteiger partial charge is 0.263 e. The van der Waals surface area contributed by atoms with Crippen molar-refractivity contribution < 1.29 is 9.18 Å². The first-order valence-corrected chi connectivity index (χ1v) is 5.32. The van der Waals surface area contributed by atoms with Gasteiger partial charge in [-0.15, -0.1) is 0 Å². The number of anilines is 2. The molecule has 2 aromatic rings. The average molecular weight is 248 g/mol. The second kappa shape index (κ2) is 4.48. The SMILES string of the molecule is CN(C(=O)c1cnn(C)c1N)c1ccccc1F. The molecule has 5 nitrogen and oxygen atoms in total. The Morgan fingerprint density at radius 3 is 2.67 bits per heavy atom. The Labute approximate surface area is 104 Å². The van der Waals surface area contributed by atoms with Crippen molar-refractivity contribution in [2.75, 3.05) is 17.7 Å². The monoisotopic (exact) mass is 248 g/mol. The van der Waals surface area contributed by atoms with Crippen LogP contribution in [0.4, 0.5) is 15.9 Å². The van der Waals surface area contributed by atoms with Crippen LogP contribution in [0, 0.1) is 5.82 Å². The minimum atomic E-state index is -0.462. The highest BCUT2D eigenvalue weighted by molar-refractivity contribution is 6.08. The Bertz CT molecular complexity index is 594. The molecule has 0 saturated carbocycles. The highest BCUT2D eigenvalue weighted by Crippen LogP contribution is 2.21. The van der Waals surface area contributed by atoms with Gasteiger partial charge in [0.1, 0.15) is 17.2 Å².